The first-order chi connectivity index (χ1) is 18.3. The van der Waals surface area contributed by atoms with Gasteiger partial charge in [0.2, 0.25) is 18.0 Å². The summed E-state index contributed by atoms with van der Waals surface area (Å²) >= 11 is 0. The van der Waals surface area contributed by atoms with Crippen LogP contribution in [0.4, 0.5) is 0 Å². The predicted octanol–water partition coefficient (Wildman–Crippen LogP) is 9.89. The van der Waals surface area contributed by atoms with Crippen molar-refractivity contribution in [2.75, 3.05) is 0 Å². The molecule has 37 heavy (non-hydrogen) atoms. The van der Waals surface area contributed by atoms with Gasteiger partial charge in [0.25, 0.3) is 0 Å². The monoisotopic (exact) mass is 498 g/mol. The van der Waals surface area contributed by atoms with Crippen molar-refractivity contribution >= 4 is 22.6 Å². The first kappa shape index (κ1) is 28.8. The summed E-state index contributed by atoms with van der Waals surface area (Å²) in [6, 6.07) is 20.2. The summed E-state index contributed by atoms with van der Waals surface area (Å²) in [6.45, 7) is 2.64. The standard InChI is InChI=1S/C35H48NO/c1-2-3-4-5-6-7-8-9-10-11-12-13-14-15-16-20-27-34-33-26-22-21-23-31(33)28-29-36(34)30-35(37)32-24-18-17-19-25-32/h17-29H,2-16,30H2,1H3/q+1. The van der Waals surface area contributed by atoms with Crippen molar-refractivity contribution in [2.45, 2.75) is 110 Å². The number of rotatable bonds is 19. The number of pyridine rings is 1. The number of hydrogen-bond donors (Lipinski definition) is 0. The second kappa shape index (κ2) is 17.7. The van der Waals surface area contributed by atoms with Crippen molar-refractivity contribution < 1.29 is 9.36 Å². The Morgan fingerprint density at radius 1 is 0.676 bits per heavy atom. The van der Waals surface area contributed by atoms with Crippen molar-refractivity contribution in [2.24, 2.45) is 0 Å². The van der Waals surface area contributed by atoms with E-state index < -0.39 is 0 Å². The number of nitrogens with zero attached hydrogens (tertiary/aromatic N) is 1. The van der Waals surface area contributed by atoms with E-state index in [2.05, 4.69) is 60.2 Å². The molecule has 1 heterocycles. The SMILES string of the molecule is CCCCCCCCCCCCCCCCC=Cc1c2ccccc2cc[n+]1CC(=O)c1ccccc1. The van der Waals surface area contributed by atoms with Gasteiger partial charge in [0.15, 0.2) is 6.20 Å². The van der Waals surface area contributed by atoms with Crippen LogP contribution in [0.3, 0.4) is 0 Å². The molecule has 0 bridgehead atoms. The van der Waals surface area contributed by atoms with Crippen LogP contribution in [0.2, 0.25) is 0 Å². The molecule has 0 aliphatic carbocycles. The Balaban J connectivity index is 1.38. The minimum atomic E-state index is 0.141. The highest BCUT2D eigenvalue weighted by molar-refractivity contribution is 5.95. The van der Waals surface area contributed by atoms with Gasteiger partial charge in [-0.2, -0.15) is 4.57 Å². The fraction of sp³-hybridized carbons (Fsp3) is 0.486. The van der Waals surface area contributed by atoms with Crippen molar-refractivity contribution in [1.29, 1.82) is 0 Å². The summed E-state index contributed by atoms with van der Waals surface area (Å²) in [4.78, 5) is 12.9. The van der Waals surface area contributed by atoms with E-state index in [-0.39, 0.29) is 5.78 Å². The first-order valence-corrected chi connectivity index (χ1v) is 15.0. The highest BCUT2D eigenvalue weighted by atomic mass is 16.1. The normalized spacial score (nSPS) is 11.5. The van der Waals surface area contributed by atoms with Crippen LogP contribution in [0.1, 0.15) is 119 Å². The van der Waals surface area contributed by atoms with Crippen molar-refractivity contribution in [3.8, 4) is 0 Å². The molecule has 2 heteroatoms. The Bertz CT molecular complexity index is 1070. The number of ketones is 1. The van der Waals surface area contributed by atoms with Crippen molar-refractivity contribution in [1.82, 2.24) is 0 Å². The Morgan fingerprint density at radius 2 is 1.24 bits per heavy atom. The summed E-state index contributed by atoms with van der Waals surface area (Å²) in [6.07, 6.45) is 27.1. The van der Waals surface area contributed by atoms with Gasteiger partial charge >= 0.3 is 0 Å². The fourth-order valence-electron chi connectivity index (χ4n) is 5.13. The molecule has 2 nitrogen and oxygen atoms in total. The lowest BCUT2D eigenvalue weighted by atomic mass is 10.0. The summed E-state index contributed by atoms with van der Waals surface area (Å²) in [5, 5.41) is 2.41. The van der Waals surface area contributed by atoms with E-state index in [1.54, 1.807) is 0 Å². The molecule has 0 aliphatic heterocycles. The molecule has 0 spiro atoms. The third-order valence-corrected chi connectivity index (χ3v) is 7.39. The molecule has 1 aromatic heterocycles. The molecular weight excluding hydrogens is 450 g/mol. The van der Waals surface area contributed by atoms with Crippen LogP contribution >= 0.6 is 0 Å². The van der Waals surface area contributed by atoms with E-state index in [9.17, 15) is 4.79 Å². The molecule has 0 unspecified atom stereocenters. The molecule has 198 valence electrons. The zero-order valence-corrected chi connectivity index (χ0v) is 23.2. The molecule has 0 aliphatic rings. The van der Waals surface area contributed by atoms with Crippen molar-refractivity contribution in [3.63, 3.8) is 0 Å². The summed E-state index contributed by atoms with van der Waals surface area (Å²) in [7, 11) is 0. The maximum atomic E-state index is 12.9. The summed E-state index contributed by atoms with van der Waals surface area (Å²) in [5.41, 5.74) is 1.88. The number of Topliss-reactive ketones (excluding diaryl/α,β-unsaturated/α-hetero) is 1. The number of unbranched alkanes of at least 4 members (excludes halogenated alkanes) is 14. The van der Waals surface area contributed by atoms with Gasteiger partial charge in [-0.05, 0) is 24.3 Å². The third kappa shape index (κ3) is 10.6. The largest absolute Gasteiger partial charge is 0.287 e. The molecule has 3 aromatic rings. The number of allylic oxidation sites excluding steroid dienone is 1. The van der Waals surface area contributed by atoms with Gasteiger partial charge in [0.05, 0.1) is 5.39 Å². The van der Waals surface area contributed by atoms with E-state index in [1.165, 1.54) is 101 Å². The highest BCUT2D eigenvalue weighted by Gasteiger charge is 2.17. The molecule has 0 amide bonds. The molecule has 0 saturated carbocycles. The minimum absolute atomic E-state index is 0.141. The lowest BCUT2D eigenvalue weighted by Crippen LogP contribution is -2.40. The number of benzene rings is 2. The second-order valence-corrected chi connectivity index (χ2v) is 10.5. The average Bonchev–Trinajstić information content (AvgIpc) is 2.94. The van der Waals surface area contributed by atoms with Crippen LogP contribution in [0.15, 0.2) is 72.9 Å². The van der Waals surface area contributed by atoms with Gasteiger partial charge in [-0.3, -0.25) is 4.79 Å². The zero-order valence-electron chi connectivity index (χ0n) is 23.2. The van der Waals surface area contributed by atoms with Gasteiger partial charge in [-0.15, -0.1) is 0 Å². The average molecular weight is 499 g/mol. The third-order valence-electron chi connectivity index (χ3n) is 7.39. The van der Waals surface area contributed by atoms with E-state index in [4.69, 9.17) is 0 Å². The van der Waals surface area contributed by atoms with Crippen molar-refractivity contribution in [3.05, 3.63) is 84.2 Å². The molecule has 3 rings (SSSR count). The number of hydrogen-bond acceptors (Lipinski definition) is 1. The van der Waals surface area contributed by atoms with Crippen LogP contribution in [0, 0.1) is 0 Å². The van der Waals surface area contributed by atoms with E-state index >= 15 is 0 Å². The number of carbonyl (C=O) groups is 1. The van der Waals surface area contributed by atoms with Crippen LogP contribution in [0.25, 0.3) is 16.8 Å². The lowest BCUT2D eigenvalue weighted by Gasteiger charge is -2.05. The molecule has 0 radical (unpaired) electrons. The predicted molar refractivity (Wildman–Crippen MR) is 159 cm³/mol. The smallest absolute Gasteiger partial charge is 0.227 e. The second-order valence-electron chi connectivity index (χ2n) is 10.5. The molecular formula is C35H48NO+. The topological polar surface area (TPSA) is 20.9 Å². The van der Waals surface area contributed by atoms with Gasteiger partial charge in [0.1, 0.15) is 0 Å². The summed E-state index contributed by atoms with van der Waals surface area (Å²) in [5.74, 6) is 0.141. The first-order valence-electron chi connectivity index (χ1n) is 15.0. The van der Waals surface area contributed by atoms with Crippen LogP contribution in [-0.4, -0.2) is 5.78 Å². The van der Waals surface area contributed by atoms with E-state index in [1.807, 2.05) is 30.3 Å². The number of carbonyl (C=O) groups excluding carboxylic acids is 1. The van der Waals surface area contributed by atoms with Crippen LogP contribution in [0.5, 0.6) is 0 Å². The van der Waals surface area contributed by atoms with Gasteiger partial charge in [-0.25, -0.2) is 0 Å². The Kier molecular flexibility index (Phi) is 13.8. The quantitative estimate of drug-likeness (QED) is 0.0915. The highest BCUT2D eigenvalue weighted by Crippen LogP contribution is 2.18. The van der Waals surface area contributed by atoms with Gasteiger partial charge in [-0.1, -0.05) is 145 Å². The molecule has 2 aromatic carbocycles. The van der Waals surface area contributed by atoms with Gasteiger partial charge < -0.3 is 0 Å². The molecule has 0 fully saturated rings. The van der Waals surface area contributed by atoms with E-state index in [0.717, 1.165) is 17.7 Å². The lowest BCUT2D eigenvalue weighted by molar-refractivity contribution is -0.683. The molecule has 0 N–H and O–H groups in total. The molecule has 0 atom stereocenters. The Hall–Kier alpha value is -2.74. The summed E-state index contributed by atoms with van der Waals surface area (Å²) < 4.78 is 2.10. The number of fused-ring (bicyclic) bond motifs is 1. The zero-order chi connectivity index (χ0) is 26.0. The van der Waals surface area contributed by atoms with E-state index in [0.29, 0.717) is 6.54 Å². The minimum Gasteiger partial charge on any atom is -0.287 e. The maximum Gasteiger partial charge on any atom is 0.227 e. The Morgan fingerprint density at radius 3 is 1.89 bits per heavy atom. The number of aromatic nitrogens is 1. The van der Waals surface area contributed by atoms with Crippen LogP contribution < -0.4 is 4.57 Å². The Labute approximate surface area is 225 Å². The molecule has 0 saturated heterocycles. The van der Waals surface area contributed by atoms with Crippen LogP contribution in [-0.2, 0) is 6.54 Å². The fourth-order valence-corrected chi connectivity index (χ4v) is 5.13. The maximum absolute atomic E-state index is 12.9. The van der Waals surface area contributed by atoms with Gasteiger partial charge in [0, 0.05) is 17.7 Å².